The van der Waals surface area contributed by atoms with E-state index in [0.29, 0.717) is 5.82 Å². The highest BCUT2D eigenvalue weighted by Gasteiger charge is 2.28. The maximum Gasteiger partial charge on any atom is 0.422 e. The summed E-state index contributed by atoms with van der Waals surface area (Å²) in [4.78, 5) is 15.9. The Labute approximate surface area is 136 Å². The maximum atomic E-state index is 12.1. The number of nitrogens with zero attached hydrogens (tertiary/aromatic N) is 3. The molecule has 0 fully saturated rings. The minimum Gasteiger partial charge on any atom is -0.468 e. The molecule has 130 valence electrons. The standard InChI is InChI=1S/C15H17F3N4O2/c1-14(2,3)22-8-7-11(21-22)20-13(23)10-5-4-6-12(19-10)24-9-15(16,17)18/h4-8H,9H2,1-3H3,(H,20,21,23). The van der Waals surface area contributed by atoms with Gasteiger partial charge in [-0.05, 0) is 26.8 Å². The third-order valence-electron chi connectivity index (χ3n) is 2.86. The van der Waals surface area contributed by atoms with Crippen molar-refractivity contribution < 1.29 is 22.7 Å². The minimum atomic E-state index is -4.47. The van der Waals surface area contributed by atoms with Crippen molar-refractivity contribution in [3.8, 4) is 5.88 Å². The summed E-state index contributed by atoms with van der Waals surface area (Å²) in [5.74, 6) is -0.551. The zero-order chi connectivity index (χ0) is 18.0. The molecule has 0 atom stereocenters. The van der Waals surface area contributed by atoms with E-state index in [1.165, 1.54) is 18.2 Å². The molecule has 1 N–H and O–H groups in total. The lowest BCUT2D eigenvalue weighted by molar-refractivity contribution is -0.154. The molecule has 2 rings (SSSR count). The Hall–Kier alpha value is -2.58. The molecule has 0 saturated carbocycles. The summed E-state index contributed by atoms with van der Waals surface area (Å²) in [5.41, 5.74) is -0.313. The molecule has 0 unspecified atom stereocenters. The molecule has 1 amide bonds. The quantitative estimate of drug-likeness (QED) is 0.926. The summed E-state index contributed by atoms with van der Waals surface area (Å²) < 4.78 is 42.6. The van der Waals surface area contributed by atoms with Gasteiger partial charge in [0.2, 0.25) is 5.88 Å². The second-order valence-electron chi connectivity index (χ2n) is 6.04. The Bertz CT molecular complexity index is 720. The van der Waals surface area contributed by atoms with Gasteiger partial charge in [-0.25, -0.2) is 4.98 Å². The van der Waals surface area contributed by atoms with E-state index in [0.717, 1.165) is 0 Å². The van der Waals surface area contributed by atoms with Crippen LogP contribution in [0.15, 0.2) is 30.5 Å². The molecule has 0 aliphatic carbocycles. The number of carbonyl (C=O) groups excluding carboxylic acids is 1. The molecule has 2 aromatic heterocycles. The van der Waals surface area contributed by atoms with E-state index in [1.807, 2.05) is 20.8 Å². The topological polar surface area (TPSA) is 69.0 Å². The van der Waals surface area contributed by atoms with E-state index in [2.05, 4.69) is 20.1 Å². The number of carbonyl (C=O) groups is 1. The van der Waals surface area contributed by atoms with Gasteiger partial charge in [0.15, 0.2) is 12.4 Å². The number of rotatable bonds is 4. The molecule has 0 spiro atoms. The van der Waals surface area contributed by atoms with Crippen molar-refractivity contribution in [3.63, 3.8) is 0 Å². The van der Waals surface area contributed by atoms with Crippen molar-refractivity contribution in [1.82, 2.24) is 14.8 Å². The number of amides is 1. The SMILES string of the molecule is CC(C)(C)n1ccc(NC(=O)c2cccc(OCC(F)(F)F)n2)n1. The van der Waals surface area contributed by atoms with Gasteiger partial charge in [0.25, 0.3) is 5.91 Å². The largest absolute Gasteiger partial charge is 0.468 e. The molecule has 0 aromatic carbocycles. The highest BCUT2D eigenvalue weighted by molar-refractivity contribution is 6.02. The van der Waals surface area contributed by atoms with E-state index in [4.69, 9.17) is 0 Å². The Morgan fingerprint density at radius 3 is 2.54 bits per heavy atom. The highest BCUT2D eigenvalue weighted by Crippen LogP contribution is 2.18. The molecule has 6 nitrogen and oxygen atoms in total. The van der Waals surface area contributed by atoms with Crippen LogP contribution in [0.3, 0.4) is 0 Å². The molecule has 24 heavy (non-hydrogen) atoms. The van der Waals surface area contributed by atoms with Gasteiger partial charge in [-0.3, -0.25) is 9.48 Å². The normalized spacial score (nSPS) is 12.1. The van der Waals surface area contributed by atoms with Crippen molar-refractivity contribution >= 4 is 11.7 Å². The number of hydrogen-bond donors (Lipinski definition) is 1. The summed E-state index contributed by atoms with van der Waals surface area (Å²) in [6.07, 6.45) is -2.76. The number of anilines is 1. The number of nitrogens with one attached hydrogen (secondary N) is 1. The van der Waals surface area contributed by atoms with Crippen LogP contribution in [0.1, 0.15) is 31.3 Å². The smallest absolute Gasteiger partial charge is 0.422 e. The first-order valence-electron chi connectivity index (χ1n) is 7.09. The fourth-order valence-corrected chi connectivity index (χ4v) is 1.72. The van der Waals surface area contributed by atoms with Gasteiger partial charge >= 0.3 is 6.18 Å². The molecule has 0 bridgehead atoms. The van der Waals surface area contributed by atoms with E-state index in [-0.39, 0.29) is 17.1 Å². The number of pyridine rings is 1. The van der Waals surface area contributed by atoms with Crippen LogP contribution in [-0.4, -0.2) is 33.5 Å². The Morgan fingerprint density at radius 1 is 1.25 bits per heavy atom. The van der Waals surface area contributed by atoms with Crippen LogP contribution < -0.4 is 10.1 Å². The molecule has 9 heteroatoms. The van der Waals surface area contributed by atoms with Gasteiger partial charge in [-0.1, -0.05) is 6.07 Å². The maximum absolute atomic E-state index is 12.1. The predicted octanol–water partition coefficient (Wildman–Crippen LogP) is 3.23. The van der Waals surface area contributed by atoms with Crippen LogP contribution >= 0.6 is 0 Å². The highest BCUT2D eigenvalue weighted by atomic mass is 19.4. The summed E-state index contributed by atoms with van der Waals surface area (Å²) in [7, 11) is 0. The molecule has 0 radical (unpaired) electrons. The van der Waals surface area contributed by atoms with Crippen LogP contribution in [0.2, 0.25) is 0 Å². The second-order valence-corrected chi connectivity index (χ2v) is 6.04. The molecule has 2 aromatic rings. The lowest BCUT2D eigenvalue weighted by Gasteiger charge is -2.18. The van der Waals surface area contributed by atoms with Crippen LogP contribution in [-0.2, 0) is 5.54 Å². The van der Waals surface area contributed by atoms with E-state index < -0.39 is 18.7 Å². The average Bonchev–Trinajstić information content (AvgIpc) is 2.93. The van der Waals surface area contributed by atoms with Gasteiger partial charge in [0.1, 0.15) is 5.69 Å². The third kappa shape index (κ3) is 4.97. The van der Waals surface area contributed by atoms with E-state index in [9.17, 15) is 18.0 Å². The first kappa shape index (κ1) is 17.8. The summed E-state index contributed by atoms with van der Waals surface area (Å²) in [5, 5.41) is 6.75. The van der Waals surface area contributed by atoms with Crippen molar-refractivity contribution in [2.24, 2.45) is 0 Å². The summed E-state index contributed by atoms with van der Waals surface area (Å²) in [6.45, 7) is 4.39. The molecule has 0 aliphatic heterocycles. The van der Waals surface area contributed by atoms with Gasteiger partial charge in [-0.2, -0.15) is 18.3 Å². The Kier molecular flexibility index (Phi) is 4.81. The van der Waals surface area contributed by atoms with Crippen molar-refractivity contribution in [1.29, 1.82) is 0 Å². The summed E-state index contributed by atoms with van der Waals surface area (Å²) in [6, 6.07) is 5.63. The van der Waals surface area contributed by atoms with Crippen LogP contribution in [0.25, 0.3) is 0 Å². The first-order chi connectivity index (χ1) is 11.0. The fourth-order valence-electron chi connectivity index (χ4n) is 1.72. The zero-order valence-corrected chi connectivity index (χ0v) is 13.4. The van der Waals surface area contributed by atoms with Gasteiger partial charge < -0.3 is 10.1 Å². The van der Waals surface area contributed by atoms with Crippen LogP contribution in [0.5, 0.6) is 5.88 Å². The third-order valence-corrected chi connectivity index (χ3v) is 2.86. The average molecular weight is 342 g/mol. The monoisotopic (exact) mass is 342 g/mol. The first-order valence-corrected chi connectivity index (χ1v) is 7.09. The molecule has 0 saturated heterocycles. The van der Waals surface area contributed by atoms with Crippen molar-refractivity contribution in [2.75, 3.05) is 11.9 Å². The van der Waals surface area contributed by atoms with Crippen molar-refractivity contribution in [3.05, 3.63) is 36.2 Å². The number of ether oxygens (including phenoxy) is 1. The lowest BCUT2D eigenvalue weighted by atomic mass is 10.1. The Balaban J connectivity index is 2.06. The predicted molar refractivity (Wildman–Crippen MR) is 81.0 cm³/mol. The van der Waals surface area contributed by atoms with Gasteiger partial charge in [0, 0.05) is 18.3 Å². The van der Waals surface area contributed by atoms with Crippen LogP contribution in [0, 0.1) is 0 Å². The molecule has 0 aliphatic rings. The number of halogens is 3. The molecular weight excluding hydrogens is 325 g/mol. The minimum absolute atomic E-state index is 0.0695. The van der Waals surface area contributed by atoms with Crippen LogP contribution in [0.4, 0.5) is 19.0 Å². The summed E-state index contributed by atoms with van der Waals surface area (Å²) >= 11 is 0. The fraction of sp³-hybridized carbons (Fsp3) is 0.400. The second kappa shape index (κ2) is 6.50. The number of alkyl halides is 3. The Morgan fingerprint density at radius 2 is 1.96 bits per heavy atom. The number of aromatic nitrogens is 3. The van der Waals surface area contributed by atoms with E-state index in [1.54, 1.807) is 16.9 Å². The zero-order valence-electron chi connectivity index (χ0n) is 13.4. The molecule has 2 heterocycles. The molecular formula is C15H17F3N4O2. The number of hydrogen-bond acceptors (Lipinski definition) is 4. The van der Waals surface area contributed by atoms with Gasteiger partial charge in [0.05, 0.1) is 5.54 Å². The lowest BCUT2D eigenvalue weighted by Crippen LogP contribution is -2.23. The van der Waals surface area contributed by atoms with E-state index >= 15 is 0 Å². The van der Waals surface area contributed by atoms with Gasteiger partial charge in [-0.15, -0.1) is 0 Å². The van der Waals surface area contributed by atoms with Crippen molar-refractivity contribution in [2.45, 2.75) is 32.5 Å².